The molecule has 0 radical (unpaired) electrons. The predicted molar refractivity (Wildman–Crippen MR) is 209 cm³/mol. The predicted octanol–water partition coefficient (Wildman–Crippen LogP) is 9.27. The molecule has 0 aliphatic carbocycles. The molecule has 7 aromatic rings. The van der Waals surface area contributed by atoms with Gasteiger partial charge in [-0.1, -0.05) is 77.8 Å². The zero-order valence-corrected chi connectivity index (χ0v) is 29.9. The van der Waals surface area contributed by atoms with Crippen LogP contribution in [0.1, 0.15) is 47.9 Å². The summed E-state index contributed by atoms with van der Waals surface area (Å²) in [5.74, 6) is 0.356. The van der Waals surface area contributed by atoms with Crippen molar-refractivity contribution >= 4 is 51.5 Å². The maximum absolute atomic E-state index is 14.6. The highest BCUT2D eigenvalue weighted by Gasteiger charge is 2.29. The molecular weight excluding hydrogens is 693 g/mol. The van der Waals surface area contributed by atoms with Gasteiger partial charge in [-0.2, -0.15) is 0 Å². The number of imidazole rings is 1. The van der Waals surface area contributed by atoms with E-state index < -0.39 is 0 Å². The summed E-state index contributed by atoms with van der Waals surface area (Å²) in [5, 5.41) is 5.24. The van der Waals surface area contributed by atoms with Gasteiger partial charge >= 0.3 is 0 Å². The Morgan fingerprint density at radius 3 is 2.40 bits per heavy atom. The maximum Gasteiger partial charge on any atom is 0.272 e. The minimum atomic E-state index is -0.326. The molecule has 1 fully saturated rings. The summed E-state index contributed by atoms with van der Waals surface area (Å²) in [6.45, 7) is 3.47. The number of anilines is 2. The number of rotatable bonds is 8. The topological polar surface area (TPSA) is 101 Å². The number of halogens is 2. The third-order valence-corrected chi connectivity index (χ3v) is 10.4. The summed E-state index contributed by atoms with van der Waals surface area (Å²) in [6, 6.07) is 32.2. The Morgan fingerprint density at radius 2 is 1.63 bits per heavy atom. The number of carbonyl (C=O) groups excluding carboxylic acids is 1. The molecular formula is C41H35Cl2N7O2. The van der Waals surface area contributed by atoms with Crippen molar-refractivity contribution in [1.82, 2.24) is 24.1 Å². The van der Waals surface area contributed by atoms with E-state index in [4.69, 9.17) is 33.2 Å². The molecule has 0 saturated carbocycles. The first kappa shape index (κ1) is 33.5. The van der Waals surface area contributed by atoms with Crippen molar-refractivity contribution in [1.29, 1.82) is 0 Å². The average Bonchev–Trinajstić information content (AvgIpc) is 3.77. The highest BCUT2D eigenvalue weighted by atomic mass is 35.5. The zero-order chi connectivity index (χ0) is 35.8. The lowest BCUT2D eigenvalue weighted by Gasteiger charge is -2.34. The number of benzene rings is 3. The number of piperidine rings is 1. The molecule has 9 nitrogen and oxygen atoms in total. The fraction of sp³-hybridized carbons (Fsp3) is 0.171. The Balaban J connectivity index is 1.19. The van der Waals surface area contributed by atoms with Crippen molar-refractivity contribution in [3.63, 3.8) is 0 Å². The van der Waals surface area contributed by atoms with E-state index in [0.717, 1.165) is 46.3 Å². The minimum Gasteiger partial charge on any atom is -0.355 e. The normalized spacial score (nSPS) is 14.1. The van der Waals surface area contributed by atoms with Crippen LogP contribution in [0.25, 0.3) is 33.4 Å². The molecule has 1 amide bonds. The number of hydrogen-bond acceptors (Lipinski definition) is 5. The molecule has 5 heterocycles. The van der Waals surface area contributed by atoms with Gasteiger partial charge < -0.3 is 24.3 Å². The number of aromatic nitrogens is 5. The van der Waals surface area contributed by atoms with Gasteiger partial charge in [0.2, 0.25) is 0 Å². The van der Waals surface area contributed by atoms with Gasteiger partial charge in [0.15, 0.2) is 5.82 Å². The second-order valence-electron chi connectivity index (χ2n) is 13.0. The van der Waals surface area contributed by atoms with E-state index in [9.17, 15) is 9.59 Å². The number of nitrogens with zero attached hydrogens (tertiary/aromatic N) is 5. The summed E-state index contributed by atoms with van der Waals surface area (Å²) in [4.78, 5) is 42.4. The number of aromatic amines is 1. The molecule has 4 aromatic heterocycles. The Hall–Kier alpha value is -5.64. The summed E-state index contributed by atoms with van der Waals surface area (Å²) in [7, 11) is 0. The van der Waals surface area contributed by atoms with E-state index >= 15 is 0 Å². The molecule has 1 aliphatic rings. The van der Waals surface area contributed by atoms with Crippen molar-refractivity contribution in [3.05, 3.63) is 154 Å². The van der Waals surface area contributed by atoms with Gasteiger partial charge in [0, 0.05) is 69.7 Å². The van der Waals surface area contributed by atoms with Crippen LogP contribution >= 0.6 is 23.2 Å². The highest BCUT2D eigenvalue weighted by molar-refractivity contribution is 6.31. The molecule has 11 heteroatoms. The Labute approximate surface area is 310 Å². The van der Waals surface area contributed by atoms with Gasteiger partial charge in [-0.3, -0.25) is 9.59 Å². The first-order chi connectivity index (χ1) is 25.4. The van der Waals surface area contributed by atoms with Crippen LogP contribution in [0.2, 0.25) is 10.0 Å². The van der Waals surface area contributed by atoms with Crippen LogP contribution in [0.5, 0.6) is 0 Å². The van der Waals surface area contributed by atoms with Crippen LogP contribution in [0.15, 0.2) is 127 Å². The molecule has 260 valence electrons. The van der Waals surface area contributed by atoms with E-state index in [1.54, 1.807) is 18.3 Å². The Morgan fingerprint density at radius 1 is 0.885 bits per heavy atom. The quantitative estimate of drug-likeness (QED) is 0.163. The summed E-state index contributed by atoms with van der Waals surface area (Å²) >= 11 is 12.8. The monoisotopic (exact) mass is 727 g/mol. The van der Waals surface area contributed by atoms with Gasteiger partial charge in [-0.05, 0) is 67.8 Å². The molecule has 0 spiro atoms. The lowest BCUT2D eigenvalue weighted by Crippen LogP contribution is -2.38. The molecule has 1 atom stereocenters. The molecule has 3 aromatic carbocycles. The standard InChI is InChI=1S/C41H35Cl2N7O2/c1-26(27-12-14-29(42)15-13-27)50-25-45-37(28-8-3-2-4-9-28)39(50)36-32-17-16-30(43)24-34(32)46-38(36)41(52)47-33-10-7-20-44-40(33)48-22-18-31(19-23-48)49-21-6-5-11-35(49)51/h2-17,20-21,24-26,31,46H,18-19,22-23H2,1H3,(H,47,52)/t26-/m0/s1. The summed E-state index contributed by atoms with van der Waals surface area (Å²) < 4.78 is 3.92. The Kier molecular flexibility index (Phi) is 9.13. The van der Waals surface area contributed by atoms with Crippen LogP contribution in [0.4, 0.5) is 11.5 Å². The molecule has 8 rings (SSSR count). The zero-order valence-electron chi connectivity index (χ0n) is 28.3. The van der Waals surface area contributed by atoms with Crippen LogP contribution in [0, 0.1) is 0 Å². The smallest absolute Gasteiger partial charge is 0.272 e. The second-order valence-corrected chi connectivity index (χ2v) is 13.9. The van der Waals surface area contributed by atoms with E-state index in [1.807, 2.05) is 108 Å². The molecule has 1 aliphatic heterocycles. The van der Waals surface area contributed by atoms with E-state index in [2.05, 4.69) is 26.7 Å². The minimum absolute atomic E-state index is 0.00138. The van der Waals surface area contributed by atoms with Crippen LogP contribution < -0.4 is 15.8 Å². The van der Waals surface area contributed by atoms with Crippen LogP contribution in [0.3, 0.4) is 0 Å². The number of fused-ring (bicyclic) bond motifs is 1. The number of pyridine rings is 2. The van der Waals surface area contributed by atoms with Gasteiger partial charge in [-0.25, -0.2) is 9.97 Å². The number of H-pyrrole nitrogens is 1. The molecule has 2 N–H and O–H groups in total. The van der Waals surface area contributed by atoms with E-state index in [-0.39, 0.29) is 23.6 Å². The third kappa shape index (κ3) is 6.38. The number of hydrogen-bond donors (Lipinski definition) is 2. The number of amides is 1. The molecule has 1 saturated heterocycles. The fourth-order valence-electron chi connectivity index (χ4n) is 7.23. The first-order valence-corrected chi connectivity index (χ1v) is 18.0. The van der Waals surface area contributed by atoms with Crippen LogP contribution in [-0.2, 0) is 0 Å². The van der Waals surface area contributed by atoms with Crippen molar-refractivity contribution in [3.8, 4) is 22.5 Å². The molecule has 0 bridgehead atoms. The SMILES string of the molecule is C[C@@H](c1ccc(Cl)cc1)n1cnc(-c2ccccc2)c1-c1c(C(=O)Nc2cccnc2N2CCC(n3ccccc3=O)CC2)[nH]c2cc(Cl)ccc12. The summed E-state index contributed by atoms with van der Waals surface area (Å²) in [6.07, 6.45) is 6.97. The van der Waals surface area contributed by atoms with E-state index in [1.165, 1.54) is 0 Å². The van der Waals surface area contributed by atoms with Crippen molar-refractivity contribution in [2.45, 2.75) is 31.8 Å². The average molecular weight is 729 g/mol. The molecule has 52 heavy (non-hydrogen) atoms. The lowest BCUT2D eigenvalue weighted by atomic mass is 9.99. The number of carbonyl (C=O) groups is 1. The second kappa shape index (κ2) is 14.2. The van der Waals surface area contributed by atoms with Gasteiger partial charge in [-0.15, -0.1) is 0 Å². The Bertz CT molecular complexity index is 2450. The highest BCUT2D eigenvalue weighted by Crippen LogP contribution is 2.42. The van der Waals surface area contributed by atoms with Gasteiger partial charge in [0.25, 0.3) is 11.5 Å². The maximum atomic E-state index is 14.6. The first-order valence-electron chi connectivity index (χ1n) is 17.2. The number of nitrogens with one attached hydrogen (secondary N) is 2. The summed E-state index contributed by atoms with van der Waals surface area (Å²) in [5.41, 5.74) is 5.90. The fourth-order valence-corrected chi connectivity index (χ4v) is 7.52. The van der Waals surface area contributed by atoms with Crippen molar-refractivity contribution in [2.75, 3.05) is 23.3 Å². The van der Waals surface area contributed by atoms with E-state index in [0.29, 0.717) is 45.9 Å². The van der Waals surface area contributed by atoms with Gasteiger partial charge in [0.1, 0.15) is 5.69 Å². The largest absolute Gasteiger partial charge is 0.355 e. The van der Waals surface area contributed by atoms with Gasteiger partial charge in [0.05, 0.1) is 29.4 Å². The van der Waals surface area contributed by atoms with Crippen molar-refractivity contribution < 1.29 is 4.79 Å². The third-order valence-electron chi connectivity index (χ3n) is 9.88. The molecule has 0 unspecified atom stereocenters. The van der Waals surface area contributed by atoms with Crippen molar-refractivity contribution in [2.24, 2.45) is 0 Å². The van der Waals surface area contributed by atoms with Crippen LogP contribution in [-0.4, -0.2) is 43.1 Å². The lowest BCUT2D eigenvalue weighted by molar-refractivity contribution is 0.102.